The van der Waals surface area contributed by atoms with Gasteiger partial charge in [0, 0.05) is 0 Å². The van der Waals surface area contributed by atoms with Crippen molar-refractivity contribution in [2.75, 3.05) is 0 Å². The molecular weight excluding hydrogens is 299 g/mol. The number of rotatable bonds is 6. The number of halogens is 1. The highest BCUT2D eigenvalue weighted by Gasteiger charge is 2.45. The first-order chi connectivity index (χ1) is 11.0. The van der Waals surface area contributed by atoms with Crippen LogP contribution >= 0.6 is 0 Å². The smallest absolute Gasteiger partial charge is 0.355 e. The van der Waals surface area contributed by atoms with Gasteiger partial charge in [-0.05, 0) is 18.1 Å². The molecule has 120 valence electrons. The van der Waals surface area contributed by atoms with Crippen LogP contribution < -0.4 is 0 Å². The fourth-order valence-corrected chi connectivity index (χ4v) is 1.80. The Hall–Kier alpha value is -2.69. The van der Waals surface area contributed by atoms with Crippen molar-refractivity contribution >= 4 is 11.9 Å². The summed E-state index contributed by atoms with van der Waals surface area (Å²) in [6.07, 6.45) is 0. The van der Waals surface area contributed by atoms with E-state index in [2.05, 4.69) is 0 Å². The average molecular weight is 316 g/mol. The predicted molar refractivity (Wildman–Crippen MR) is 82.0 cm³/mol. The van der Waals surface area contributed by atoms with Crippen molar-refractivity contribution in [1.29, 1.82) is 0 Å². The first kappa shape index (κ1) is 16.7. The van der Waals surface area contributed by atoms with Crippen molar-refractivity contribution in [2.45, 2.75) is 25.8 Å². The number of hydrogen-bond donors (Lipinski definition) is 0. The van der Waals surface area contributed by atoms with E-state index in [1.807, 2.05) is 12.1 Å². The van der Waals surface area contributed by atoms with Crippen molar-refractivity contribution in [3.8, 4) is 0 Å². The summed E-state index contributed by atoms with van der Waals surface area (Å²) in [5, 5.41) is 0. The third kappa shape index (κ3) is 4.64. The molecule has 0 aliphatic rings. The summed E-state index contributed by atoms with van der Waals surface area (Å²) in [5.41, 5.74) is -1.44. The van der Waals surface area contributed by atoms with Crippen molar-refractivity contribution in [2.24, 2.45) is 0 Å². The van der Waals surface area contributed by atoms with Crippen LogP contribution in [0.5, 0.6) is 0 Å². The molecule has 0 aromatic heterocycles. The molecule has 2 aromatic rings. The third-order valence-corrected chi connectivity index (χ3v) is 3.19. The fourth-order valence-electron chi connectivity index (χ4n) is 1.80. The van der Waals surface area contributed by atoms with Gasteiger partial charge in [-0.15, -0.1) is 0 Å². The molecule has 0 N–H and O–H groups in total. The predicted octanol–water partition coefficient (Wildman–Crippen LogP) is 3.20. The van der Waals surface area contributed by atoms with Gasteiger partial charge in [-0.1, -0.05) is 60.7 Å². The first-order valence-corrected chi connectivity index (χ1v) is 7.11. The fraction of sp³-hybridized carbons (Fsp3) is 0.222. The summed E-state index contributed by atoms with van der Waals surface area (Å²) in [7, 11) is 0. The molecule has 0 heterocycles. The highest BCUT2D eigenvalue weighted by molar-refractivity contribution is 6.02. The van der Waals surface area contributed by atoms with Crippen molar-refractivity contribution in [3.63, 3.8) is 0 Å². The zero-order valence-corrected chi connectivity index (χ0v) is 12.7. The molecule has 0 amide bonds. The highest BCUT2D eigenvalue weighted by atomic mass is 19.1. The lowest BCUT2D eigenvalue weighted by molar-refractivity contribution is -0.174. The van der Waals surface area contributed by atoms with Gasteiger partial charge < -0.3 is 9.47 Å². The molecule has 2 rings (SSSR count). The summed E-state index contributed by atoms with van der Waals surface area (Å²) < 4.78 is 24.0. The van der Waals surface area contributed by atoms with Crippen LogP contribution in [0, 0.1) is 0 Å². The summed E-state index contributed by atoms with van der Waals surface area (Å²) in [6.45, 7) is 0.629. The van der Waals surface area contributed by atoms with Gasteiger partial charge in [-0.3, -0.25) is 0 Å². The molecule has 4 nitrogen and oxygen atoms in total. The molecular formula is C18H17FO4. The van der Waals surface area contributed by atoms with E-state index >= 15 is 0 Å². The van der Waals surface area contributed by atoms with Gasteiger partial charge in [-0.2, -0.15) is 0 Å². The van der Waals surface area contributed by atoms with E-state index in [0.717, 1.165) is 6.92 Å². The van der Waals surface area contributed by atoms with E-state index < -0.39 is 17.6 Å². The monoisotopic (exact) mass is 316 g/mol. The van der Waals surface area contributed by atoms with Gasteiger partial charge in [0.1, 0.15) is 13.2 Å². The Morgan fingerprint density at radius 1 is 0.826 bits per heavy atom. The van der Waals surface area contributed by atoms with E-state index in [9.17, 15) is 14.0 Å². The first-order valence-electron chi connectivity index (χ1n) is 7.11. The zero-order chi connectivity index (χ0) is 16.7. The van der Waals surface area contributed by atoms with E-state index in [4.69, 9.17) is 9.47 Å². The second kappa shape index (κ2) is 7.54. The average Bonchev–Trinajstić information content (AvgIpc) is 2.59. The normalized spacial score (nSPS) is 10.9. The molecule has 0 unspecified atom stereocenters. The Kier molecular flexibility index (Phi) is 5.46. The Balaban J connectivity index is 1.88. The molecule has 5 heteroatoms. The molecule has 0 radical (unpaired) electrons. The van der Waals surface area contributed by atoms with Gasteiger partial charge in [0.25, 0.3) is 5.67 Å². The second-order valence-electron chi connectivity index (χ2n) is 5.13. The quantitative estimate of drug-likeness (QED) is 0.606. The molecule has 0 bridgehead atoms. The van der Waals surface area contributed by atoms with E-state index in [0.29, 0.717) is 11.1 Å². The third-order valence-electron chi connectivity index (χ3n) is 3.19. The maximum atomic E-state index is 14.3. The van der Waals surface area contributed by atoms with E-state index in [1.165, 1.54) is 0 Å². The highest BCUT2D eigenvalue weighted by Crippen LogP contribution is 2.17. The lowest BCUT2D eigenvalue weighted by Crippen LogP contribution is -2.41. The number of alkyl halides is 1. The molecule has 0 fully saturated rings. The van der Waals surface area contributed by atoms with Crippen LogP contribution in [0.2, 0.25) is 0 Å². The molecule has 0 atom stereocenters. The van der Waals surface area contributed by atoms with Crippen molar-refractivity contribution in [3.05, 3.63) is 71.8 Å². The summed E-state index contributed by atoms with van der Waals surface area (Å²) in [5.74, 6) is -2.53. The van der Waals surface area contributed by atoms with Gasteiger partial charge in [-0.25, -0.2) is 14.0 Å². The molecule has 23 heavy (non-hydrogen) atoms. The van der Waals surface area contributed by atoms with Crippen LogP contribution in [-0.4, -0.2) is 17.6 Å². The standard InChI is InChI=1S/C18H17FO4/c1-18(19,16(20)22-12-14-8-4-2-5-9-14)17(21)23-13-15-10-6-3-7-11-15/h2-11H,12-13H2,1H3. The molecule has 0 spiro atoms. The SMILES string of the molecule is CC(F)(C(=O)OCc1ccccc1)C(=O)OCc1ccccc1. The summed E-state index contributed by atoms with van der Waals surface area (Å²) >= 11 is 0. The van der Waals surface area contributed by atoms with Crippen LogP contribution in [0.4, 0.5) is 4.39 Å². The lowest BCUT2D eigenvalue weighted by atomic mass is 10.1. The minimum Gasteiger partial charge on any atom is -0.458 e. The van der Waals surface area contributed by atoms with E-state index in [1.54, 1.807) is 48.5 Å². The summed E-state index contributed by atoms with van der Waals surface area (Å²) in [4.78, 5) is 23.6. The number of carbonyl (C=O) groups is 2. The number of carbonyl (C=O) groups excluding carboxylic acids is 2. The van der Waals surface area contributed by atoms with Crippen LogP contribution in [-0.2, 0) is 32.3 Å². The Morgan fingerprint density at radius 2 is 1.17 bits per heavy atom. The molecule has 0 saturated heterocycles. The molecule has 0 saturated carbocycles. The van der Waals surface area contributed by atoms with Gasteiger partial charge >= 0.3 is 11.9 Å². The Bertz CT molecular complexity index is 596. The number of esters is 2. The lowest BCUT2D eigenvalue weighted by Gasteiger charge is -2.17. The van der Waals surface area contributed by atoms with Crippen LogP contribution in [0.25, 0.3) is 0 Å². The van der Waals surface area contributed by atoms with Crippen LogP contribution in [0.1, 0.15) is 18.1 Å². The number of benzene rings is 2. The van der Waals surface area contributed by atoms with E-state index in [-0.39, 0.29) is 13.2 Å². The maximum Gasteiger partial charge on any atom is 0.355 e. The van der Waals surface area contributed by atoms with Crippen molar-refractivity contribution in [1.82, 2.24) is 0 Å². The number of hydrogen-bond acceptors (Lipinski definition) is 4. The topological polar surface area (TPSA) is 52.6 Å². The van der Waals surface area contributed by atoms with Gasteiger partial charge in [0.15, 0.2) is 0 Å². The van der Waals surface area contributed by atoms with Crippen LogP contribution in [0.15, 0.2) is 60.7 Å². The Morgan fingerprint density at radius 3 is 1.52 bits per heavy atom. The molecule has 0 aliphatic carbocycles. The summed E-state index contributed by atoms with van der Waals surface area (Å²) in [6, 6.07) is 17.6. The van der Waals surface area contributed by atoms with Gasteiger partial charge in [0.05, 0.1) is 0 Å². The minimum absolute atomic E-state index is 0.106. The van der Waals surface area contributed by atoms with Crippen molar-refractivity contribution < 1.29 is 23.5 Å². The van der Waals surface area contributed by atoms with Gasteiger partial charge in [0.2, 0.25) is 0 Å². The minimum atomic E-state index is -2.84. The molecule has 0 aliphatic heterocycles. The Labute approximate surface area is 133 Å². The molecule has 2 aromatic carbocycles. The van der Waals surface area contributed by atoms with Crippen LogP contribution in [0.3, 0.4) is 0 Å². The largest absolute Gasteiger partial charge is 0.458 e. The zero-order valence-electron chi connectivity index (χ0n) is 12.7. The number of ether oxygens (including phenoxy) is 2. The second-order valence-corrected chi connectivity index (χ2v) is 5.13. The maximum absolute atomic E-state index is 14.3.